The number of nitrogens with one attached hydrogen (secondary N) is 5. The zero-order chi connectivity index (χ0) is 108. The van der Waals surface area contributed by atoms with E-state index >= 15 is 0 Å². The number of alkyl halides is 9. The second kappa shape index (κ2) is 42.5. The van der Waals surface area contributed by atoms with Gasteiger partial charge in [0.05, 0.1) is 142 Å². The van der Waals surface area contributed by atoms with Crippen molar-refractivity contribution in [2.24, 2.45) is 25.9 Å². The van der Waals surface area contributed by atoms with Crippen LogP contribution in [0.15, 0.2) is 184 Å². The van der Waals surface area contributed by atoms with E-state index in [0.717, 1.165) is 114 Å². The molecule has 32 nitrogen and oxygen atoms in total. The van der Waals surface area contributed by atoms with Crippen molar-refractivity contribution >= 4 is 256 Å². The Morgan fingerprint density at radius 3 is 1.11 bits per heavy atom. The lowest BCUT2D eigenvalue weighted by Gasteiger charge is -2.15. The van der Waals surface area contributed by atoms with E-state index in [1.54, 1.807) is 124 Å². The zero-order valence-corrected chi connectivity index (χ0v) is 90.5. The van der Waals surface area contributed by atoms with Crippen LogP contribution in [0.2, 0.25) is 0 Å². The summed E-state index contributed by atoms with van der Waals surface area (Å²) in [5.41, 5.74) is 14.1. The highest BCUT2D eigenvalue weighted by molar-refractivity contribution is 7.91. The quantitative estimate of drug-likeness (QED) is 0.0314. The van der Waals surface area contributed by atoms with E-state index < -0.39 is 77.5 Å². The van der Waals surface area contributed by atoms with Gasteiger partial charge in [-0.3, -0.25) is 4.98 Å². The van der Waals surface area contributed by atoms with Gasteiger partial charge < -0.3 is 63.6 Å². The van der Waals surface area contributed by atoms with E-state index in [1.807, 2.05) is 94.2 Å². The van der Waals surface area contributed by atoms with Crippen LogP contribution in [0.1, 0.15) is 84.0 Å². The molecule has 149 heavy (non-hydrogen) atoms. The van der Waals surface area contributed by atoms with Crippen molar-refractivity contribution in [2.75, 3.05) is 58.7 Å². The first-order chi connectivity index (χ1) is 69.9. The zero-order valence-electron chi connectivity index (χ0n) is 83.2. The molecule has 0 saturated heterocycles. The fraction of sp³-hybridized carbons (Fsp3) is 0.303. The van der Waals surface area contributed by atoms with Crippen LogP contribution in [0.4, 0.5) is 93.6 Å². The fourth-order valence-electron chi connectivity index (χ4n) is 16.4. The Bertz CT molecular complexity index is 9010. The highest BCUT2D eigenvalue weighted by Crippen LogP contribution is 2.45. The summed E-state index contributed by atoms with van der Waals surface area (Å²) in [7, 11) is -8.03. The number of methoxy groups -OCH3 is 1. The van der Waals surface area contributed by atoms with E-state index in [9.17, 15) is 73.2 Å². The van der Waals surface area contributed by atoms with Crippen molar-refractivity contribution in [3.63, 3.8) is 0 Å². The lowest BCUT2D eigenvalue weighted by Crippen LogP contribution is -2.18. The Morgan fingerprint density at radius 1 is 0.362 bits per heavy atom. The number of thiazole rings is 5. The molecule has 0 saturated carbocycles. The van der Waals surface area contributed by atoms with Gasteiger partial charge in [0.1, 0.15) is 93.1 Å². The molecule has 0 bridgehead atoms. The summed E-state index contributed by atoms with van der Waals surface area (Å²) >= 11 is 6.89. The molecule has 784 valence electrons. The van der Waals surface area contributed by atoms with Gasteiger partial charge in [-0.05, 0) is 206 Å². The molecule has 11 heterocycles. The Labute approximate surface area is 869 Å². The molecule has 0 unspecified atom stereocenters. The van der Waals surface area contributed by atoms with Gasteiger partial charge in [0.25, 0.3) is 0 Å². The van der Waals surface area contributed by atoms with Crippen LogP contribution in [0.25, 0.3) is 106 Å². The van der Waals surface area contributed by atoms with Gasteiger partial charge in [0.15, 0.2) is 65.0 Å². The molecule has 11 aromatic heterocycles. The van der Waals surface area contributed by atoms with Crippen LogP contribution in [0, 0.1) is 32.6 Å². The molecule has 20 aromatic rings. The molecule has 9 aromatic carbocycles. The average Bonchev–Trinajstić information content (AvgIpc) is 1.61. The second-order valence-electron chi connectivity index (χ2n) is 36.5. The third kappa shape index (κ3) is 25.3. The number of hydrogen-bond acceptors (Lipinski definition) is 32. The second-order valence-corrected chi connectivity index (χ2v) is 49.8. The molecule has 0 aliphatic rings. The van der Waals surface area contributed by atoms with Gasteiger partial charge >= 0.3 is 18.5 Å². The largest absolute Gasteiger partial charge is 0.494 e. The van der Waals surface area contributed by atoms with Crippen molar-refractivity contribution < 1.29 is 87.4 Å². The number of aromatic nitrogens is 16. The first-order valence-corrected chi connectivity index (χ1v) is 57.5. The fourth-order valence-corrected chi connectivity index (χ4v) is 23.4. The maximum Gasteiger partial charge on any atom is 0.406 e. The number of nitrogens with zero attached hydrogens (tertiary/aromatic N) is 16. The van der Waals surface area contributed by atoms with Crippen molar-refractivity contribution in [1.29, 1.82) is 0 Å². The number of hydrogen-bond donors (Lipinski definition) is 5. The Morgan fingerprint density at radius 2 is 0.711 bits per heavy atom. The summed E-state index contributed by atoms with van der Waals surface area (Å²) in [4.78, 5) is 49.5. The van der Waals surface area contributed by atoms with E-state index in [0.29, 0.717) is 142 Å². The third-order valence-corrected chi connectivity index (χ3v) is 32.0. The summed E-state index contributed by atoms with van der Waals surface area (Å²) in [6.45, 7) is 17.5. The Kier molecular flexibility index (Phi) is 30.9. The summed E-state index contributed by atoms with van der Waals surface area (Å²) in [6, 6.07) is 39.7. The van der Waals surface area contributed by atoms with Gasteiger partial charge in [-0.25, -0.2) is 83.5 Å². The molecular formula is C99H100F9N21O11S9. The number of imidazole rings is 5. The molecular weight excluding hydrogens is 2120 g/mol. The van der Waals surface area contributed by atoms with Crippen molar-refractivity contribution in [3.8, 4) is 17.2 Å². The van der Waals surface area contributed by atoms with Crippen LogP contribution >= 0.6 is 56.7 Å². The molecule has 0 fully saturated rings. The molecule has 0 amide bonds. The maximum absolute atomic E-state index is 13.2. The highest BCUT2D eigenvalue weighted by atomic mass is 32.2. The molecule has 50 heteroatoms. The van der Waals surface area contributed by atoms with Gasteiger partial charge in [-0.2, -0.15) is 39.5 Å². The molecule has 0 aliphatic carbocycles. The Balaban J connectivity index is 0.000000133. The molecule has 0 radical (unpaired) electrons. The lowest BCUT2D eigenvalue weighted by atomic mass is 10.0. The van der Waals surface area contributed by atoms with Gasteiger partial charge in [-0.1, -0.05) is 96.5 Å². The smallest absolute Gasteiger partial charge is 0.406 e. The number of rotatable bonds is 26. The number of fused-ring (bicyclic) bond motifs is 15. The van der Waals surface area contributed by atoms with Crippen LogP contribution < -0.4 is 40.8 Å². The van der Waals surface area contributed by atoms with Gasteiger partial charge in [-0.15, -0.1) is 0 Å². The van der Waals surface area contributed by atoms with Crippen molar-refractivity contribution in [2.45, 2.75) is 159 Å². The SMILES string of the molecule is CC(C)Cc1ccc(S(C)(=O)=O)cc1Nc1nc2c(ccc3c2ncn3C)s1.CC(C)Cc1ccc(S(C)(=O)=O)cc1Nc1nc2c(ccc3ncn(CC(F)(F)F)c32)s1.COc1ccncc1Nc1nc2c(ccc3nc(C)n(CC(F)(F)F)c32)s1.Cc1nc2ccc3sc(Nc4cc(S(C)(=O)=O)ccc4OC(C)C)nc3c2n1C.Cc1nc2ccc3sc(Nc4cc(S(C)(=O)=O)ccc4OC(C)C)nc3c2n1CC(F)(F)F. The van der Waals surface area contributed by atoms with Crippen molar-refractivity contribution in [3.05, 3.63) is 193 Å². The first-order valence-electron chi connectivity index (χ1n) is 45.8. The van der Waals surface area contributed by atoms with E-state index in [4.69, 9.17) is 24.2 Å². The number of aryl methyl sites for hydroxylation is 5. The molecule has 0 spiro atoms. The number of anilines is 10. The average molecular weight is 2220 g/mol. The minimum atomic E-state index is -4.41. The standard InChI is InChI=1S/C21H21F3N4O3S2.C21H21F3N4O2S2.C20H22N4O3S2.C20H22N4O2S2.C17H14F3N5OS/c1-11(2)31-16-7-5-13(33(4,29)30)9-15(16)26-20-27-18-17(32-20)8-6-14-19(18)28(12(3)25-14)10-21(22,23)24;1-12(2)8-13-4-5-14(32(3,29)30)9-16(13)26-20-27-18-17(31-20)7-6-15-19(18)28(11-25-15)10-21(22,23)24;1-11(2)27-16-8-6-13(29(5,25)26)10-15(16)22-20-23-18-17(28-20)9-7-14-19(18)24(4)12(3)21-14;1-12(2)9-13-5-6-14(28(4,25)26)10-15(13)22-20-23-19-17(27-20)8-7-16-18(19)21-11-24(16)3;1-9-22-10-3-4-13-14(15(10)25(9)8-17(18,19)20)24-16(27-13)23-11-7-21-6-5-12(11)26-2/h5-9,11H,10H2,1-4H3,(H,26,27);4-7,9,11-12H,8,10H2,1-3H3,(H,26,27);6-11H,1-5H3,(H,22,23);5-8,10-12H,9H2,1-4H3,(H,22,23);3-7H,8H2,1-2H3,(H,23,24). The number of benzene rings is 9. The summed E-state index contributed by atoms with van der Waals surface area (Å²) in [5, 5.41) is 18.8. The van der Waals surface area contributed by atoms with Crippen LogP contribution in [0.5, 0.6) is 17.2 Å². The minimum Gasteiger partial charge on any atom is -0.494 e. The maximum atomic E-state index is 13.2. The molecule has 0 aliphatic heterocycles. The van der Waals surface area contributed by atoms with Crippen molar-refractivity contribution in [1.82, 2.24) is 77.7 Å². The number of pyridine rings is 1. The monoisotopic (exact) mass is 2220 g/mol. The predicted octanol–water partition coefficient (Wildman–Crippen LogP) is 24.6. The summed E-state index contributed by atoms with van der Waals surface area (Å²) < 4.78 is 242. The normalized spacial score (nSPS) is 12.4. The summed E-state index contributed by atoms with van der Waals surface area (Å²) in [5.74, 6) is 3.85. The third-order valence-electron chi connectivity index (χ3n) is 22.9. The van der Waals surface area contributed by atoms with E-state index in [1.165, 1.54) is 94.6 Å². The molecule has 5 N–H and O–H groups in total. The number of sulfone groups is 4. The topological polar surface area (TPSA) is 391 Å². The van der Waals surface area contributed by atoms with E-state index in [-0.39, 0.29) is 32.7 Å². The predicted molar refractivity (Wildman–Crippen MR) is 573 cm³/mol. The molecule has 20 rings (SSSR count). The molecule has 0 atom stereocenters. The summed E-state index contributed by atoms with van der Waals surface area (Å²) in [6.07, 6.45) is -0.969. The Hall–Kier alpha value is -13.5. The van der Waals surface area contributed by atoms with Crippen LogP contribution in [-0.2, 0) is 85.9 Å². The highest BCUT2D eigenvalue weighted by Gasteiger charge is 2.35. The van der Waals surface area contributed by atoms with Gasteiger partial charge in [0, 0.05) is 62.8 Å². The minimum absolute atomic E-state index is 0.0490. The number of ether oxygens (including phenoxy) is 3. The first kappa shape index (κ1) is 108. The van der Waals surface area contributed by atoms with Gasteiger partial charge in [0.2, 0.25) is 0 Å². The van der Waals surface area contributed by atoms with Crippen LogP contribution in [-0.4, -0.2) is 174 Å². The van der Waals surface area contributed by atoms with E-state index in [2.05, 4.69) is 99.1 Å². The number of halogens is 9. The van der Waals surface area contributed by atoms with Crippen LogP contribution in [0.3, 0.4) is 0 Å². The lowest BCUT2D eigenvalue weighted by molar-refractivity contribution is -0.141.